The first-order valence-electron chi connectivity index (χ1n) is 9.66. The maximum absolute atomic E-state index is 13.7. The number of carbonyl (C=O) groups excluding carboxylic acids is 1. The van der Waals surface area contributed by atoms with E-state index in [1.807, 2.05) is 60.7 Å². The van der Waals surface area contributed by atoms with Crippen LogP contribution in [0.1, 0.15) is 42.7 Å². The van der Waals surface area contributed by atoms with Crippen LogP contribution in [0.25, 0.3) is 0 Å². The summed E-state index contributed by atoms with van der Waals surface area (Å²) in [5.74, 6) is -0.158. The Morgan fingerprint density at radius 1 is 1.00 bits per heavy atom. The van der Waals surface area contributed by atoms with Crippen molar-refractivity contribution in [3.8, 4) is 0 Å². The molecule has 2 bridgehead atoms. The van der Waals surface area contributed by atoms with Gasteiger partial charge in [-0.3, -0.25) is 4.79 Å². The number of nitrogens with zero attached hydrogens (tertiary/aromatic N) is 1. The fourth-order valence-electron chi connectivity index (χ4n) is 5.73. The molecule has 1 aliphatic heterocycles. The van der Waals surface area contributed by atoms with Crippen molar-refractivity contribution in [3.05, 3.63) is 71.8 Å². The molecule has 1 amide bonds. The largest absolute Gasteiger partial charge is 0.273 e. The van der Waals surface area contributed by atoms with Gasteiger partial charge in [-0.1, -0.05) is 60.7 Å². The van der Waals surface area contributed by atoms with E-state index in [4.69, 9.17) is 0 Å². The molecular weight excluding hydrogens is 358 g/mol. The highest BCUT2D eigenvalue weighted by molar-refractivity contribution is 7.90. The van der Waals surface area contributed by atoms with Gasteiger partial charge in [0.1, 0.15) is 0 Å². The van der Waals surface area contributed by atoms with E-state index in [-0.39, 0.29) is 23.1 Å². The fourth-order valence-corrected chi connectivity index (χ4v) is 8.12. The van der Waals surface area contributed by atoms with E-state index in [0.717, 1.165) is 36.8 Å². The van der Waals surface area contributed by atoms with Gasteiger partial charge in [-0.2, -0.15) is 0 Å². The highest BCUT2D eigenvalue weighted by atomic mass is 32.2. The molecule has 1 saturated heterocycles. The lowest BCUT2D eigenvalue weighted by molar-refractivity contribution is -0.129. The molecule has 5 rings (SSSR count). The Bertz CT molecular complexity index is 934. The smallest absolute Gasteiger partial charge is 0.248 e. The maximum Gasteiger partial charge on any atom is 0.248 e. The Hall–Kier alpha value is -2.14. The standard InChI is InChI=1S/C22H23NO3S/c24-21(20(17-7-3-1-4-8-17)18-9-5-2-6-10-18)23-19-13-16-11-12-22(19,14-16)15-27(23,25)26/h1-10,16,19-20H,11-15H2/t16-,19-,22-/m0/s1. The zero-order chi connectivity index (χ0) is 18.6. The van der Waals surface area contributed by atoms with Crippen molar-refractivity contribution in [1.29, 1.82) is 0 Å². The topological polar surface area (TPSA) is 54.5 Å². The van der Waals surface area contributed by atoms with Gasteiger partial charge in [0.2, 0.25) is 15.9 Å². The van der Waals surface area contributed by atoms with Crippen LogP contribution >= 0.6 is 0 Å². The molecule has 2 aromatic rings. The summed E-state index contributed by atoms with van der Waals surface area (Å²) in [6.07, 6.45) is 3.84. The fraction of sp³-hybridized carbons (Fsp3) is 0.409. The summed E-state index contributed by atoms with van der Waals surface area (Å²) in [7, 11) is -3.57. The molecule has 1 heterocycles. The molecular formula is C22H23NO3S. The molecule has 3 atom stereocenters. The molecule has 140 valence electrons. The summed E-state index contributed by atoms with van der Waals surface area (Å²) in [6.45, 7) is 0. The van der Waals surface area contributed by atoms with Gasteiger partial charge in [0.25, 0.3) is 0 Å². The van der Waals surface area contributed by atoms with Crippen LogP contribution in [0.4, 0.5) is 0 Å². The lowest BCUT2D eigenvalue weighted by Crippen LogP contribution is -2.44. The van der Waals surface area contributed by atoms with Crippen LogP contribution in [0.5, 0.6) is 0 Å². The molecule has 0 aromatic heterocycles. The van der Waals surface area contributed by atoms with Crippen LogP contribution in [0.2, 0.25) is 0 Å². The van der Waals surface area contributed by atoms with Gasteiger partial charge in [-0.15, -0.1) is 0 Å². The maximum atomic E-state index is 13.7. The molecule has 2 aliphatic carbocycles. The van der Waals surface area contributed by atoms with Gasteiger partial charge in [0, 0.05) is 5.41 Å². The predicted molar refractivity (Wildman–Crippen MR) is 104 cm³/mol. The summed E-state index contributed by atoms with van der Waals surface area (Å²) in [5.41, 5.74) is 1.48. The first kappa shape index (κ1) is 17.0. The zero-order valence-electron chi connectivity index (χ0n) is 15.1. The monoisotopic (exact) mass is 381 g/mol. The molecule has 0 radical (unpaired) electrons. The highest BCUT2D eigenvalue weighted by Gasteiger charge is 2.64. The van der Waals surface area contributed by atoms with Crippen molar-refractivity contribution in [1.82, 2.24) is 4.31 Å². The second-order valence-corrected chi connectivity index (χ2v) is 10.2. The van der Waals surface area contributed by atoms with Gasteiger partial charge < -0.3 is 0 Å². The van der Waals surface area contributed by atoms with Crippen molar-refractivity contribution < 1.29 is 13.2 Å². The average Bonchev–Trinajstić information content (AvgIpc) is 3.27. The van der Waals surface area contributed by atoms with Crippen molar-refractivity contribution in [2.75, 3.05) is 5.75 Å². The van der Waals surface area contributed by atoms with Crippen LogP contribution < -0.4 is 0 Å². The van der Waals surface area contributed by atoms with Crippen molar-refractivity contribution in [2.24, 2.45) is 11.3 Å². The third-order valence-corrected chi connectivity index (χ3v) is 8.77. The summed E-state index contributed by atoms with van der Waals surface area (Å²) in [4.78, 5) is 13.7. The minimum atomic E-state index is -3.57. The SMILES string of the molecule is O=C(C(c1ccccc1)c1ccccc1)N1[C@H]2C[C@@H]3CC[C@]2(C3)CS1(=O)=O. The van der Waals surface area contributed by atoms with E-state index in [9.17, 15) is 13.2 Å². The Morgan fingerprint density at radius 2 is 1.59 bits per heavy atom. The summed E-state index contributed by atoms with van der Waals surface area (Å²) >= 11 is 0. The third-order valence-electron chi connectivity index (χ3n) is 6.79. The molecule has 4 nitrogen and oxygen atoms in total. The Kier molecular flexibility index (Phi) is 3.73. The third kappa shape index (κ3) is 2.55. The first-order chi connectivity index (χ1) is 13.0. The Labute approximate surface area is 160 Å². The van der Waals surface area contributed by atoms with E-state index in [0.29, 0.717) is 5.92 Å². The van der Waals surface area contributed by atoms with Crippen LogP contribution in [-0.2, 0) is 14.8 Å². The lowest BCUT2D eigenvalue weighted by Gasteiger charge is -2.32. The van der Waals surface area contributed by atoms with Crippen LogP contribution in [0, 0.1) is 11.3 Å². The Balaban J connectivity index is 1.60. The van der Waals surface area contributed by atoms with Gasteiger partial charge in [0.05, 0.1) is 17.7 Å². The molecule has 27 heavy (non-hydrogen) atoms. The van der Waals surface area contributed by atoms with Gasteiger partial charge in [0.15, 0.2) is 0 Å². The number of sulfonamides is 1. The normalized spacial score (nSPS) is 30.6. The Morgan fingerprint density at radius 3 is 2.15 bits per heavy atom. The molecule has 2 aromatic carbocycles. The average molecular weight is 381 g/mol. The summed E-state index contributed by atoms with van der Waals surface area (Å²) in [5, 5.41) is 0. The highest BCUT2D eigenvalue weighted by Crippen LogP contribution is 2.60. The minimum absolute atomic E-state index is 0.142. The number of hydrogen-bond donors (Lipinski definition) is 0. The summed E-state index contributed by atoms with van der Waals surface area (Å²) < 4.78 is 27.4. The molecule has 2 saturated carbocycles. The molecule has 3 fully saturated rings. The number of carbonyl (C=O) groups is 1. The molecule has 1 spiro atoms. The molecule has 0 unspecified atom stereocenters. The first-order valence-corrected chi connectivity index (χ1v) is 11.3. The molecule has 5 heteroatoms. The van der Waals surface area contributed by atoms with Crippen molar-refractivity contribution in [2.45, 2.75) is 37.6 Å². The second kappa shape index (κ2) is 5.93. The number of hydrogen-bond acceptors (Lipinski definition) is 3. The van der Waals surface area contributed by atoms with Crippen molar-refractivity contribution >= 4 is 15.9 Å². The van der Waals surface area contributed by atoms with E-state index in [2.05, 4.69) is 0 Å². The predicted octanol–water partition coefficient (Wildman–Crippen LogP) is 3.55. The number of amides is 1. The van der Waals surface area contributed by atoms with E-state index in [1.165, 1.54) is 4.31 Å². The molecule has 0 N–H and O–H groups in total. The van der Waals surface area contributed by atoms with Crippen molar-refractivity contribution in [3.63, 3.8) is 0 Å². The van der Waals surface area contributed by atoms with Gasteiger partial charge in [-0.05, 0) is 42.7 Å². The van der Waals surface area contributed by atoms with Gasteiger partial charge in [-0.25, -0.2) is 12.7 Å². The second-order valence-electron chi connectivity index (χ2n) is 8.37. The van der Waals surface area contributed by atoms with Crippen LogP contribution in [-0.4, -0.2) is 30.4 Å². The van der Waals surface area contributed by atoms with E-state index < -0.39 is 15.9 Å². The number of fused-ring (bicyclic) bond motifs is 1. The van der Waals surface area contributed by atoms with Crippen LogP contribution in [0.3, 0.4) is 0 Å². The summed E-state index contributed by atoms with van der Waals surface area (Å²) in [6, 6.07) is 18.9. The number of rotatable bonds is 3. The van der Waals surface area contributed by atoms with E-state index in [1.54, 1.807) is 0 Å². The van der Waals surface area contributed by atoms with Crippen LogP contribution in [0.15, 0.2) is 60.7 Å². The quantitative estimate of drug-likeness (QED) is 0.817. The minimum Gasteiger partial charge on any atom is -0.273 e. The lowest BCUT2D eigenvalue weighted by atomic mass is 9.81. The van der Waals surface area contributed by atoms with E-state index >= 15 is 0 Å². The zero-order valence-corrected chi connectivity index (χ0v) is 15.9. The van der Waals surface area contributed by atoms with Gasteiger partial charge >= 0.3 is 0 Å². The number of benzene rings is 2. The molecule has 3 aliphatic rings.